The molecule has 1 saturated carbocycles. The van der Waals surface area contributed by atoms with Gasteiger partial charge < -0.3 is 5.32 Å². The Hall–Kier alpha value is -0.660. The summed E-state index contributed by atoms with van der Waals surface area (Å²) in [5.74, 6) is 0.435. The van der Waals surface area contributed by atoms with Crippen LogP contribution in [0.2, 0.25) is 0 Å². The third kappa shape index (κ3) is 2.78. The van der Waals surface area contributed by atoms with Crippen LogP contribution in [0.15, 0.2) is 21.6 Å². The minimum atomic E-state index is -3.47. The summed E-state index contributed by atoms with van der Waals surface area (Å²) in [5.41, 5.74) is 0. The quantitative estimate of drug-likeness (QED) is 0.917. The maximum Gasteiger partial charge on any atom is 0.246 e. The van der Waals surface area contributed by atoms with Gasteiger partial charge in [-0.15, -0.1) is 0 Å². The third-order valence-electron chi connectivity index (χ3n) is 2.50. The summed E-state index contributed by atoms with van der Waals surface area (Å²) in [4.78, 5) is 4.36. The van der Waals surface area contributed by atoms with Gasteiger partial charge in [0, 0.05) is 30.8 Å². The van der Waals surface area contributed by atoms with E-state index in [1.165, 1.54) is 18.4 Å². The normalized spacial score (nSPS) is 16.2. The van der Waals surface area contributed by atoms with E-state index >= 15 is 0 Å². The second kappa shape index (κ2) is 4.55. The van der Waals surface area contributed by atoms with Gasteiger partial charge in [0.05, 0.1) is 0 Å². The lowest BCUT2D eigenvalue weighted by molar-refractivity contribution is 0.520. The van der Waals surface area contributed by atoms with E-state index in [2.05, 4.69) is 26.2 Å². The average Bonchev–Trinajstić information content (AvgIpc) is 3.04. The number of hydrogen-bond acceptors (Lipinski definition) is 4. The predicted molar refractivity (Wildman–Crippen MR) is 69.5 cm³/mol. The fraction of sp³-hybridized carbons (Fsp3) is 0.500. The van der Waals surface area contributed by atoms with Crippen LogP contribution in [-0.4, -0.2) is 37.8 Å². The van der Waals surface area contributed by atoms with Crippen LogP contribution in [0, 0.1) is 0 Å². The first-order valence-electron chi connectivity index (χ1n) is 5.26. The summed E-state index contributed by atoms with van der Waals surface area (Å²) in [6.07, 6.45) is 3.73. The Morgan fingerprint density at radius 1 is 1.47 bits per heavy atom. The van der Waals surface area contributed by atoms with E-state index in [1.807, 2.05) is 0 Å². The largest absolute Gasteiger partial charge is 0.366 e. The average molecular weight is 320 g/mol. The van der Waals surface area contributed by atoms with E-state index in [1.54, 1.807) is 12.3 Å². The van der Waals surface area contributed by atoms with Crippen molar-refractivity contribution >= 4 is 31.8 Å². The highest BCUT2D eigenvalue weighted by Crippen LogP contribution is 2.30. The van der Waals surface area contributed by atoms with E-state index in [9.17, 15) is 8.42 Å². The standard InChI is InChI=1S/C10H14BrN3O2S/c1-14(2)17(15,16)9-5-7(11)6-12-10(9)13-8-3-4-8/h5-6,8H,3-4H2,1-2H3,(H,12,13). The van der Waals surface area contributed by atoms with Gasteiger partial charge in [0.2, 0.25) is 10.0 Å². The molecule has 0 spiro atoms. The zero-order valence-electron chi connectivity index (χ0n) is 9.64. The van der Waals surface area contributed by atoms with Crippen molar-refractivity contribution in [2.75, 3.05) is 19.4 Å². The van der Waals surface area contributed by atoms with Crippen molar-refractivity contribution in [3.05, 3.63) is 16.7 Å². The molecular formula is C10H14BrN3O2S. The summed E-state index contributed by atoms with van der Waals surface area (Å²) in [7, 11) is -0.447. The highest BCUT2D eigenvalue weighted by Gasteiger charge is 2.27. The number of nitrogens with zero attached hydrogens (tertiary/aromatic N) is 2. The third-order valence-corrected chi connectivity index (χ3v) is 4.76. The van der Waals surface area contributed by atoms with E-state index in [4.69, 9.17) is 0 Å². The van der Waals surface area contributed by atoms with E-state index in [-0.39, 0.29) is 4.90 Å². The lowest BCUT2D eigenvalue weighted by Gasteiger charge is -2.15. The molecule has 1 aromatic heterocycles. The van der Waals surface area contributed by atoms with Crippen molar-refractivity contribution in [2.45, 2.75) is 23.8 Å². The lowest BCUT2D eigenvalue weighted by atomic mass is 10.4. The van der Waals surface area contributed by atoms with Crippen LogP contribution >= 0.6 is 15.9 Å². The molecule has 2 rings (SSSR count). The number of pyridine rings is 1. The van der Waals surface area contributed by atoms with Gasteiger partial charge in [0.25, 0.3) is 0 Å². The molecule has 1 heterocycles. The van der Waals surface area contributed by atoms with Gasteiger partial charge >= 0.3 is 0 Å². The summed E-state index contributed by atoms with van der Waals surface area (Å²) in [6.45, 7) is 0. The smallest absolute Gasteiger partial charge is 0.246 e. The number of anilines is 1. The van der Waals surface area contributed by atoms with Crippen LogP contribution < -0.4 is 5.32 Å². The Morgan fingerprint density at radius 3 is 2.65 bits per heavy atom. The van der Waals surface area contributed by atoms with Crippen molar-refractivity contribution < 1.29 is 8.42 Å². The van der Waals surface area contributed by atoms with Crippen LogP contribution in [0.1, 0.15) is 12.8 Å². The Morgan fingerprint density at radius 2 is 2.12 bits per heavy atom. The Labute approximate surface area is 109 Å². The maximum atomic E-state index is 12.1. The fourth-order valence-electron chi connectivity index (χ4n) is 1.34. The van der Waals surface area contributed by atoms with Crippen LogP contribution in [-0.2, 0) is 10.0 Å². The SMILES string of the molecule is CN(C)S(=O)(=O)c1cc(Br)cnc1NC1CC1. The summed E-state index contributed by atoms with van der Waals surface area (Å²) in [6, 6.07) is 1.94. The van der Waals surface area contributed by atoms with Gasteiger partial charge in [-0.25, -0.2) is 17.7 Å². The zero-order chi connectivity index (χ0) is 12.6. The number of aromatic nitrogens is 1. The molecule has 17 heavy (non-hydrogen) atoms. The molecule has 0 unspecified atom stereocenters. The molecule has 7 heteroatoms. The van der Waals surface area contributed by atoms with Gasteiger partial charge in [-0.3, -0.25) is 0 Å². The molecule has 1 aliphatic rings. The van der Waals surface area contributed by atoms with Crippen molar-refractivity contribution in [3.63, 3.8) is 0 Å². The van der Waals surface area contributed by atoms with Gasteiger partial charge in [-0.2, -0.15) is 0 Å². The molecule has 5 nitrogen and oxygen atoms in total. The molecule has 0 radical (unpaired) electrons. The topological polar surface area (TPSA) is 62.3 Å². The number of sulfonamides is 1. The molecule has 94 valence electrons. The molecular weight excluding hydrogens is 306 g/mol. The fourth-order valence-corrected chi connectivity index (χ4v) is 2.85. The number of nitrogens with one attached hydrogen (secondary N) is 1. The molecule has 1 aromatic rings. The van der Waals surface area contributed by atoms with Gasteiger partial charge in [-0.1, -0.05) is 0 Å². The van der Waals surface area contributed by atoms with Crippen LogP contribution in [0.4, 0.5) is 5.82 Å². The second-order valence-corrected chi connectivity index (χ2v) is 7.24. The Kier molecular flexibility index (Phi) is 3.42. The minimum absolute atomic E-state index is 0.212. The first kappa shape index (κ1) is 12.8. The monoisotopic (exact) mass is 319 g/mol. The highest BCUT2D eigenvalue weighted by molar-refractivity contribution is 9.10. The molecule has 1 fully saturated rings. The van der Waals surface area contributed by atoms with Gasteiger partial charge in [0.1, 0.15) is 10.7 Å². The second-order valence-electron chi connectivity index (χ2n) is 4.21. The first-order valence-corrected chi connectivity index (χ1v) is 7.49. The van der Waals surface area contributed by atoms with Crippen LogP contribution in [0.5, 0.6) is 0 Å². The number of rotatable bonds is 4. The Bertz CT molecular complexity index is 526. The molecule has 0 bridgehead atoms. The van der Waals surface area contributed by atoms with E-state index in [0.717, 1.165) is 12.8 Å². The van der Waals surface area contributed by atoms with Crippen molar-refractivity contribution in [1.82, 2.24) is 9.29 Å². The summed E-state index contributed by atoms with van der Waals surface area (Å²) < 4.78 is 26.1. The number of hydrogen-bond donors (Lipinski definition) is 1. The van der Waals surface area contributed by atoms with Crippen LogP contribution in [0.3, 0.4) is 0 Å². The summed E-state index contributed by atoms with van der Waals surface area (Å²) >= 11 is 3.25. The van der Waals surface area contributed by atoms with Crippen molar-refractivity contribution in [3.8, 4) is 0 Å². The molecule has 0 atom stereocenters. The number of halogens is 1. The molecule has 1 aliphatic carbocycles. The first-order chi connectivity index (χ1) is 7.91. The van der Waals surface area contributed by atoms with Gasteiger partial charge in [-0.05, 0) is 34.8 Å². The van der Waals surface area contributed by atoms with E-state index < -0.39 is 10.0 Å². The molecule has 0 amide bonds. The molecule has 0 aromatic carbocycles. The maximum absolute atomic E-state index is 12.1. The lowest BCUT2D eigenvalue weighted by Crippen LogP contribution is -2.24. The molecule has 0 saturated heterocycles. The van der Waals surface area contributed by atoms with Crippen LogP contribution in [0.25, 0.3) is 0 Å². The Balaban J connectivity index is 2.45. The van der Waals surface area contributed by atoms with Crippen molar-refractivity contribution in [2.24, 2.45) is 0 Å². The summed E-state index contributed by atoms with van der Waals surface area (Å²) in [5, 5.41) is 3.13. The van der Waals surface area contributed by atoms with Gasteiger partial charge in [0.15, 0.2) is 0 Å². The van der Waals surface area contributed by atoms with E-state index in [0.29, 0.717) is 16.3 Å². The molecule has 0 aliphatic heterocycles. The van der Waals surface area contributed by atoms with Crippen molar-refractivity contribution in [1.29, 1.82) is 0 Å². The predicted octanol–water partition coefficient (Wildman–Crippen LogP) is 1.67. The highest BCUT2D eigenvalue weighted by atomic mass is 79.9. The minimum Gasteiger partial charge on any atom is -0.366 e. The zero-order valence-corrected chi connectivity index (χ0v) is 12.0. The molecule has 1 N–H and O–H groups in total.